The number of carbonyl (C=O) groups excluding carboxylic acids is 1. The summed E-state index contributed by atoms with van der Waals surface area (Å²) in [6.45, 7) is 0.330. The molecule has 3 N–H and O–H groups in total. The van der Waals surface area contributed by atoms with Crippen molar-refractivity contribution in [1.29, 1.82) is 0 Å². The average molecular weight is 384 g/mol. The smallest absolute Gasteiger partial charge is 0.251 e. The van der Waals surface area contributed by atoms with Crippen LogP contribution in [-0.4, -0.2) is 50.2 Å². The Balaban J connectivity index is 1.50. The fourth-order valence-electron chi connectivity index (χ4n) is 3.62. The Kier molecular flexibility index (Phi) is 5.70. The molecule has 2 aromatic rings. The second-order valence-corrected chi connectivity index (χ2v) is 6.90. The number of carbonyl (C=O) groups is 1. The van der Waals surface area contributed by atoms with Crippen molar-refractivity contribution < 1.29 is 23.7 Å². The predicted molar refractivity (Wildman–Crippen MR) is 101 cm³/mol. The molecule has 0 radical (unpaired) electrons. The number of nitrogens with one attached hydrogen (secondary N) is 1. The van der Waals surface area contributed by atoms with E-state index in [1.54, 1.807) is 12.1 Å². The van der Waals surface area contributed by atoms with Gasteiger partial charge in [-0.25, -0.2) is 0 Å². The molecular formula is C21H24N2O5. The van der Waals surface area contributed by atoms with Crippen molar-refractivity contribution in [2.75, 3.05) is 13.7 Å². The number of hydrogen-bond acceptors (Lipinski definition) is 6. The average Bonchev–Trinajstić information content (AvgIpc) is 2.76. The highest BCUT2D eigenvalue weighted by Gasteiger charge is 2.49. The van der Waals surface area contributed by atoms with Crippen LogP contribution in [0.2, 0.25) is 0 Å². The fraction of sp³-hybridized carbons (Fsp3) is 0.381. The maximum absolute atomic E-state index is 12.6. The second-order valence-electron chi connectivity index (χ2n) is 6.90. The van der Waals surface area contributed by atoms with Crippen LogP contribution < -0.4 is 11.1 Å². The summed E-state index contributed by atoms with van der Waals surface area (Å²) in [6, 6.07) is 17.5. The number of rotatable bonds is 4. The molecule has 1 unspecified atom stereocenters. The molecular weight excluding hydrogens is 360 g/mol. The number of ether oxygens (including phenoxy) is 4. The van der Waals surface area contributed by atoms with Crippen LogP contribution >= 0.6 is 0 Å². The molecule has 148 valence electrons. The third kappa shape index (κ3) is 3.80. The molecule has 0 bridgehead atoms. The van der Waals surface area contributed by atoms with Gasteiger partial charge in [0.2, 0.25) is 0 Å². The largest absolute Gasteiger partial charge is 0.354 e. The van der Waals surface area contributed by atoms with Gasteiger partial charge in [-0.1, -0.05) is 48.5 Å². The Labute approximate surface area is 163 Å². The molecule has 0 aliphatic carbocycles. The Morgan fingerprint density at radius 2 is 1.75 bits per heavy atom. The van der Waals surface area contributed by atoms with Crippen LogP contribution in [0.1, 0.15) is 22.2 Å². The first kappa shape index (κ1) is 19.0. The van der Waals surface area contributed by atoms with Crippen LogP contribution in [0, 0.1) is 0 Å². The Hall–Kier alpha value is -2.29. The Morgan fingerprint density at radius 3 is 2.43 bits per heavy atom. The molecule has 7 nitrogen and oxygen atoms in total. The van der Waals surface area contributed by atoms with Crippen molar-refractivity contribution in [2.24, 2.45) is 5.73 Å². The molecule has 0 spiro atoms. The Bertz CT molecular complexity index is 788. The summed E-state index contributed by atoms with van der Waals surface area (Å²) in [6.07, 6.45) is -2.03. The SMILES string of the molecule is CO[C@@H]1O[C@@H]2COC(c3ccccc3)O[C@H]2[C@H](N)[C@H]1NC(=O)c1ccccc1. The van der Waals surface area contributed by atoms with Gasteiger partial charge in [-0.05, 0) is 12.1 Å². The zero-order chi connectivity index (χ0) is 19.5. The fourth-order valence-corrected chi connectivity index (χ4v) is 3.62. The predicted octanol–water partition coefficient (Wildman–Crippen LogP) is 1.60. The number of amides is 1. The van der Waals surface area contributed by atoms with E-state index in [-0.39, 0.29) is 12.0 Å². The van der Waals surface area contributed by atoms with Crippen molar-refractivity contribution in [1.82, 2.24) is 5.32 Å². The molecule has 2 aliphatic rings. The van der Waals surface area contributed by atoms with Crippen molar-refractivity contribution in [3.8, 4) is 0 Å². The van der Waals surface area contributed by atoms with Gasteiger partial charge in [0.25, 0.3) is 5.91 Å². The first-order valence-corrected chi connectivity index (χ1v) is 9.29. The Morgan fingerprint density at radius 1 is 1.07 bits per heavy atom. The topological polar surface area (TPSA) is 92.0 Å². The highest BCUT2D eigenvalue weighted by molar-refractivity contribution is 5.94. The van der Waals surface area contributed by atoms with Gasteiger partial charge in [0, 0.05) is 18.2 Å². The van der Waals surface area contributed by atoms with Gasteiger partial charge in [0.1, 0.15) is 12.2 Å². The molecule has 2 fully saturated rings. The van der Waals surface area contributed by atoms with Gasteiger partial charge < -0.3 is 30.0 Å². The van der Waals surface area contributed by atoms with Gasteiger partial charge in [-0.3, -0.25) is 4.79 Å². The number of fused-ring (bicyclic) bond motifs is 1. The summed E-state index contributed by atoms with van der Waals surface area (Å²) in [5, 5.41) is 2.94. The molecule has 6 atom stereocenters. The van der Waals surface area contributed by atoms with E-state index >= 15 is 0 Å². The zero-order valence-corrected chi connectivity index (χ0v) is 15.6. The third-order valence-electron chi connectivity index (χ3n) is 5.09. The van der Waals surface area contributed by atoms with E-state index in [4.69, 9.17) is 24.7 Å². The number of hydrogen-bond donors (Lipinski definition) is 2. The summed E-state index contributed by atoms with van der Waals surface area (Å²) in [7, 11) is 1.52. The zero-order valence-electron chi connectivity index (χ0n) is 15.6. The van der Waals surface area contributed by atoms with Gasteiger partial charge in [-0.2, -0.15) is 0 Å². The lowest BCUT2D eigenvalue weighted by atomic mass is 9.93. The molecule has 2 aliphatic heterocycles. The number of benzene rings is 2. The minimum atomic E-state index is -0.690. The lowest BCUT2D eigenvalue weighted by molar-refractivity contribution is -0.322. The highest BCUT2D eigenvalue weighted by Crippen LogP contribution is 2.33. The van der Waals surface area contributed by atoms with Gasteiger partial charge in [-0.15, -0.1) is 0 Å². The van der Waals surface area contributed by atoms with E-state index in [1.807, 2.05) is 48.5 Å². The number of methoxy groups -OCH3 is 1. The first-order valence-electron chi connectivity index (χ1n) is 9.29. The van der Waals surface area contributed by atoms with Crippen LogP contribution in [0.25, 0.3) is 0 Å². The van der Waals surface area contributed by atoms with Crippen LogP contribution in [0.15, 0.2) is 60.7 Å². The second kappa shape index (κ2) is 8.38. The van der Waals surface area contributed by atoms with Crippen LogP contribution in [0.4, 0.5) is 0 Å². The lowest BCUT2D eigenvalue weighted by Gasteiger charge is -2.48. The monoisotopic (exact) mass is 384 g/mol. The number of nitrogens with two attached hydrogens (primary N) is 1. The molecule has 7 heteroatoms. The molecule has 2 aromatic carbocycles. The van der Waals surface area contributed by atoms with Gasteiger partial charge in [0.05, 0.1) is 18.7 Å². The quantitative estimate of drug-likeness (QED) is 0.832. The summed E-state index contributed by atoms with van der Waals surface area (Å²) < 4.78 is 23.4. The molecule has 28 heavy (non-hydrogen) atoms. The summed E-state index contributed by atoms with van der Waals surface area (Å²) in [5.74, 6) is -0.239. The molecule has 1 amide bonds. The lowest BCUT2D eigenvalue weighted by Crippen LogP contribution is -2.69. The standard InChI is InChI=1S/C21H24N2O5/c1-25-21-17(23-19(24)13-8-4-2-5-9-13)16(22)18-15(27-21)12-26-20(28-18)14-10-6-3-7-11-14/h2-11,15-18,20-21H,12,22H2,1H3,(H,23,24)/t15-,16-,17-,18-,20?,21-/m1/s1. The first-order chi connectivity index (χ1) is 13.7. The minimum absolute atomic E-state index is 0.239. The highest BCUT2D eigenvalue weighted by atomic mass is 16.7. The molecule has 0 saturated carbocycles. The van der Waals surface area contributed by atoms with Gasteiger partial charge >= 0.3 is 0 Å². The maximum Gasteiger partial charge on any atom is 0.251 e. The van der Waals surface area contributed by atoms with E-state index in [0.717, 1.165) is 5.56 Å². The van der Waals surface area contributed by atoms with E-state index in [2.05, 4.69) is 5.32 Å². The normalized spacial score (nSPS) is 32.4. The molecule has 4 rings (SSSR count). The summed E-state index contributed by atoms with van der Waals surface area (Å²) in [5.41, 5.74) is 7.96. The molecule has 2 saturated heterocycles. The van der Waals surface area contributed by atoms with E-state index in [0.29, 0.717) is 12.2 Å². The van der Waals surface area contributed by atoms with Crippen LogP contribution in [0.5, 0.6) is 0 Å². The summed E-state index contributed by atoms with van der Waals surface area (Å²) in [4.78, 5) is 12.6. The van der Waals surface area contributed by atoms with Gasteiger partial charge in [0.15, 0.2) is 12.6 Å². The summed E-state index contributed by atoms with van der Waals surface area (Å²) >= 11 is 0. The van der Waals surface area contributed by atoms with E-state index in [9.17, 15) is 4.79 Å². The van der Waals surface area contributed by atoms with Crippen molar-refractivity contribution in [3.63, 3.8) is 0 Å². The molecule has 0 aromatic heterocycles. The molecule has 2 heterocycles. The minimum Gasteiger partial charge on any atom is -0.354 e. The maximum atomic E-state index is 12.6. The van der Waals surface area contributed by atoms with Crippen molar-refractivity contribution in [2.45, 2.75) is 36.9 Å². The third-order valence-corrected chi connectivity index (χ3v) is 5.09. The van der Waals surface area contributed by atoms with E-state index in [1.165, 1.54) is 7.11 Å². The van der Waals surface area contributed by atoms with Crippen LogP contribution in [0.3, 0.4) is 0 Å². The van der Waals surface area contributed by atoms with Crippen molar-refractivity contribution >= 4 is 5.91 Å². The van der Waals surface area contributed by atoms with Crippen molar-refractivity contribution in [3.05, 3.63) is 71.8 Å². The van der Waals surface area contributed by atoms with Crippen LogP contribution in [-0.2, 0) is 18.9 Å². The van der Waals surface area contributed by atoms with E-state index < -0.39 is 30.8 Å².